The molecule has 0 bridgehead atoms. The van der Waals surface area contributed by atoms with Crippen LogP contribution in [0.2, 0.25) is 0 Å². The molecule has 0 aliphatic heterocycles. The second-order valence-corrected chi connectivity index (χ2v) is 8.15. The third kappa shape index (κ3) is 5.60. The summed E-state index contributed by atoms with van der Waals surface area (Å²) < 4.78 is 5.82. The number of oxazole rings is 1. The maximum atomic E-state index is 12.2. The standard InChI is InChI=1S/C25H27N3O3/c1-16-3-6-20(13-17(16)2)22-15-27-24(31-22)12-11-23(29)26-14-18-4-9-21(10-5-18)28-25(30)19-7-8-19/h3-6,9-10,13,15,19H,7-8,11-12,14H2,1-2H3,(H,26,29)(H,28,30). The zero-order valence-electron chi connectivity index (χ0n) is 17.9. The van der Waals surface area contributed by atoms with Crippen molar-refractivity contribution in [2.24, 2.45) is 5.92 Å². The van der Waals surface area contributed by atoms with E-state index in [4.69, 9.17) is 4.42 Å². The molecular formula is C25H27N3O3. The summed E-state index contributed by atoms with van der Waals surface area (Å²) in [7, 11) is 0. The van der Waals surface area contributed by atoms with Crippen molar-refractivity contribution in [2.45, 2.75) is 46.1 Å². The van der Waals surface area contributed by atoms with Gasteiger partial charge in [0.25, 0.3) is 0 Å². The van der Waals surface area contributed by atoms with Gasteiger partial charge in [-0.15, -0.1) is 0 Å². The molecule has 1 aliphatic carbocycles. The van der Waals surface area contributed by atoms with Crippen LogP contribution in [0.3, 0.4) is 0 Å². The minimum absolute atomic E-state index is 0.0583. The summed E-state index contributed by atoms with van der Waals surface area (Å²) in [5.74, 6) is 1.48. The van der Waals surface area contributed by atoms with Gasteiger partial charge < -0.3 is 15.1 Å². The molecule has 3 aromatic rings. The summed E-state index contributed by atoms with van der Waals surface area (Å²) in [5, 5.41) is 5.82. The minimum atomic E-state index is -0.0583. The molecule has 1 aliphatic rings. The fourth-order valence-electron chi connectivity index (χ4n) is 3.26. The number of nitrogens with zero attached hydrogens (tertiary/aromatic N) is 1. The molecule has 4 rings (SSSR count). The normalized spacial score (nSPS) is 13.1. The first-order chi connectivity index (χ1) is 15.0. The van der Waals surface area contributed by atoms with E-state index in [1.165, 1.54) is 11.1 Å². The van der Waals surface area contributed by atoms with E-state index in [2.05, 4.69) is 41.6 Å². The first kappa shape index (κ1) is 20.8. The van der Waals surface area contributed by atoms with Crippen LogP contribution in [-0.4, -0.2) is 16.8 Å². The molecule has 2 N–H and O–H groups in total. The first-order valence-corrected chi connectivity index (χ1v) is 10.7. The molecule has 0 saturated heterocycles. The molecule has 6 nitrogen and oxygen atoms in total. The number of nitrogens with one attached hydrogen (secondary N) is 2. The molecule has 2 amide bonds. The zero-order valence-corrected chi connectivity index (χ0v) is 17.9. The Hall–Kier alpha value is -3.41. The molecule has 0 atom stereocenters. The van der Waals surface area contributed by atoms with Gasteiger partial charge in [0.1, 0.15) is 0 Å². The number of hydrogen-bond acceptors (Lipinski definition) is 4. The van der Waals surface area contributed by atoms with Crippen LogP contribution in [0.5, 0.6) is 0 Å². The summed E-state index contributed by atoms with van der Waals surface area (Å²) in [6, 6.07) is 13.7. The number of anilines is 1. The molecule has 1 saturated carbocycles. The van der Waals surface area contributed by atoms with Crippen molar-refractivity contribution in [3.8, 4) is 11.3 Å². The van der Waals surface area contributed by atoms with E-state index < -0.39 is 0 Å². The predicted molar refractivity (Wildman–Crippen MR) is 119 cm³/mol. The number of benzene rings is 2. The number of rotatable bonds is 8. The molecule has 0 spiro atoms. The Morgan fingerprint density at radius 2 is 1.84 bits per heavy atom. The van der Waals surface area contributed by atoms with E-state index in [-0.39, 0.29) is 17.7 Å². The number of aromatic nitrogens is 1. The smallest absolute Gasteiger partial charge is 0.227 e. The van der Waals surface area contributed by atoms with Gasteiger partial charge in [-0.25, -0.2) is 4.98 Å². The van der Waals surface area contributed by atoms with Gasteiger partial charge in [0.05, 0.1) is 6.20 Å². The Labute approximate surface area is 182 Å². The van der Waals surface area contributed by atoms with Crippen LogP contribution in [0.25, 0.3) is 11.3 Å². The van der Waals surface area contributed by atoms with Gasteiger partial charge in [-0.3, -0.25) is 9.59 Å². The molecule has 2 aromatic carbocycles. The number of carbonyl (C=O) groups excluding carboxylic acids is 2. The Kier molecular flexibility index (Phi) is 6.16. The lowest BCUT2D eigenvalue weighted by molar-refractivity contribution is -0.121. The quantitative estimate of drug-likeness (QED) is 0.563. The number of carbonyl (C=O) groups is 2. The summed E-state index contributed by atoms with van der Waals surface area (Å²) in [5.41, 5.74) is 5.19. The van der Waals surface area contributed by atoms with E-state index in [9.17, 15) is 9.59 Å². The number of amides is 2. The van der Waals surface area contributed by atoms with Crippen LogP contribution in [0.15, 0.2) is 53.1 Å². The van der Waals surface area contributed by atoms with Crippen LogP contribution < -0.4 is 10.6 Å². The van der Waals surface area contributed by atoms with Crippen molar-refractivity contribution >= 4 is 17.5 Å². The van der Waals surface area contributed by atoms with E-state index in [0.29, 0.717) is 31.0 Å². The Morgan fingerprint density at radius 1 is 1.06 bits per heavy atom. The zero-order chi connectivity index (χ0) is 21.8. The Balaban J connectivity index is 1.23. The topological polar surface area (TPSA) is 84.2 Å². The predicted octanol–water partition coefficient (Wildman–Crippen LogP) is 4.56. The molecular weight excluding hydrogens is 390 g/mol. The molecule has 1 heterocycles. The van der Waals surface area contributed by atoms with Gasteiger partial charge >= 0.3 is 0 Å². The average Bonchev–Trinajstić information content (AvgIpc) is 3.52. The summed E-state index contributed by atoms with van der Waals surface area (Å²) in [4.78, 5) is 28.3. The third-order valence-electron chi connectivity index (χ3n) is 5.57. The highest BCUT2D eigenvalue weighted by atomic mass is 16.4. The van der Waals surface area contributed by atoms with E-state index in [1.54, 1.807) is 6.20 Å². The first-order valence-electron chi connectivity index (χ1n) is 10.7. The molecule has 0 radical (unpaired) electrons. The second kappa shape index (κ2) is 9.16. The van der Waals surface area contributed by atoms with E-state index >= 15 is 0 Å². The summed E-state index contributed by atoms with van der Waals surface area (Å²) >= 11 is 0. The summed E-state index contributed by atoms with van der Waals surface area (Å²) in [6.07, 6.45) is 4.43. The SMILES string of the molecule is Cc1ccc(-c2cnc(CCC(=O)NCc3ccc(NC(=O)C4CC4)cc3)o2)cc1C. The van der Waals surface area contributed by atoms with Crippen molar-refractivity contribution < 1.29 is 14.0 Å². The fraction of sp³-hybridized carbons (Fsp3) is 0.320. The Bertz CT molecular complexity index is 1080. The maximum Gasteiger partial charge on any atom is 0.227 e. The van der Waals surface area contributed by atoms with Crippen LogP contribution >= 0.6 is 0 Å². The highest BCUT2D eigenvalue weighted by molar-refractivity contribution is 5.94. The molecule has 160 valence electrons. The fourth-order valence-corrected chi connectivity index (χ4v) is 3.26. The van der Waals surface area contributed by atoms with Gasteiger partial charge in [0.15, 0.2) is 11.7 Å². The van der Waals surface area contributed by atoms with Crippen molar-refractivity contribution in [1.82, 2.24) is 10.3 Å². The van der Waals surface area contributed by atoms with E-state index in [0.717, 1.165) is 29.7 Å². The lowest BCUT2D eigenvalue weighted by Crippen LogP contribution is -2.23. The van der Waals surface area contributed by atoms with Crippen molar-refractivity contribution in [2.75, 3.05) is 5.32 Å². The lowest BCUT2D eigenvalue weighted by atomic mass is 10.1. The van der Waals surface area contributed by atoms with Gasteiger partial charge in [0, 0.05) is 36.6 Å². The third-order valence-corrected chi connectivity index (χ3v) is 5.57. The van der Waals surface area contributed by atoms with Crippen molar-refractivity contribution in [3.63, 3.8) is 0 Å². The van der Waals surface area contributed by atoms with Crippen molar-refractivity contribution in [3.05, 3.63) is 71.2 Å². The van der Waals surface area contributed by atoms with Gasteiger partial charge in [-0.05, 0) is 61.6 Å². The van der Waals surface area contributed by atoms with Crippen LogP contribution in [0, 0.1) is 19.8 Å². The monoisotopic (exact) mass is 417 g/mol. The van der Waals surface area contributed by atoms with Crippen molar-refractivity contribution in [1.29, 1.82) is 0 Å². The highest BCUT2D eigenvalue weighted by Crippen LogP contribution is 2.30. The largest absolute Gasteiger partial charge is 0.441 e. The van der Waals surface area contributed by atoms with Gasteiger partial charge in [-0.1, -0.05) is 24.3 Å². The highest BCUT2D eigenvalue weighted by Gasteiger charge is 2.29. The average molecular weight is 418 g/mol. The molecule has 31 heavy (non-hydrogen) atoms. The van der Waals surface area contributed by atoms with Crippen LogP contribution in [0.1, 0.15) is 41.8 Å². The van der Waals surface area contributed by atoms with Gasteiger partial charge in [0.2, 0.25) is 11.8 Å². The molecule has 6 heteroatoms. The van der Waals surface area contributed by atoms with E-state index in [1.807, 2.05) is 30.3 Å². The molecule has 1 aromatic heterocycles. The number of aryl methyl sites for hydroxylation is 3. The van der Waals surface area contributed by atoms with Crippen LogP contribution in [0.4, 0.5) is 5.69 Å². The minimum Gasteiger partial charge on any atom is -0.441 e. The summed E-state index contributed by atoms with van der Waals surface area (Å²) in [6.45, 7) is 4.58. The van der Waals surface area contributed by atoms with Gasteiger partial charge in [-0.2, -0.15) is 0 Å². The van der Waals surface area contributed by atoms with Crippen LogP contribution in [-0.2, 0) is 22.6 Å². The lowest BCUT2D eigenvalue weighted by Gasteiger charge is -2.07. The number of hydrogen-bond donors (Lipinski definition) is 2. The molecule has 1 fully saturated rings. The second-order valence-electron chi connectivity index (χ2n) is 8.15. The Morgan fingerprint density at radius 3 is 2.55 bits per heavy atom. The maximum absolute atomic E-state index is 12.2. The molecule has 0 unspecified atom stereocenters.